The van der Waals surface area contributed by atoms with E-state index in [9.17, 15) is 0 Å². The summed E-state index contributed by atoms with van der Waals surface area (Å²) in [6.07, 6.45) is 6.41. The van der Waals surface area contributed by atoms with Crippen molar-refractivity contribution in [3.63, 3.8) is 0 Å². The third-order valence-corrected chi connectivity index (χ3v) is 61.8. The fraction of sp³-hybridized carbons (Fsp3) is 1.00. The Morgan fingerprint density at radius 2 is 1.53 bits per heavy atom. The van der Waals surface area contributed by atoms with Gasteiger partial charge in [0.25, 0.3) is 0 Å². The van der Waals surface area contributed by atoms with Crippen molar-refractivity contribution in [3.8, 4) is 0 Å². The van der Waals surface area contributed by atoms with Crippen LogP contribution in [-0.2, 0) is 6.51 Å². The predicted molar refractivity (Wildman–Crippen MR) is 69.5 cm³/mol. The van der Waals surface area contributed by atoms with Crippen LogP contribution in [0.4, 0.5) is 0 Å². The Morgan fingerprint density at radius 3 is 1.88 bits per heavy atom. The fourth-order valence-electron chi connectivity index (χ4n) is 19.2. The van der Waals surface area contributed by atoms with Crippen LogP contribution in [0.15, 0.2) is 0 Å². The minimum atomic E-state index is -2.81. The van der Waals surface area contributed by atoms with E-state index in [0.29, 0.717) is 0 Å². The van der Waals surface area contributed by atoms with Gasteiger partial charge in [-0.05, 0) is 0 Å². The second-order valence-corrected chi connectivity index (χ2v) is 35.2. The first-order chi connectivity index (χ1) is 8.06. The van der Waals surface area contributed by atoms with E-state index in [-0.39, 0.29) is 0 Å². The number of hydrogen-bond acceptors (Lipinski definition) is 0. The summed E-state index contributed by atoms with van der Waals surface area (Å²) in [5, 5.41) is 0. The van der Waals surface area contributed by atoms with Crippen LogP contribution in [0.1, 0.15) is 26.2 Å². The van der Waals surface area contributed by atoms with Gasteiger partial charge < -0.3 is 0 Å². The quantitative estimate of drug-likeness (QED) is 0.494. The van der Waals surface area contributed by atoms with Gasteiger partial charge in [0.15, 0.2) is 0 Å². The van der Waals surface area contributed by atoms with Crippen molar-refractivity contribution in [2.24, 2.45) is 0 Å². The molecule has 0 amide bonds. The van der Waals surface area contributed by atoms with Crippen molar-refractivity contribution in [3.05, 3.63) is 0 Å². The van der Waals surface area contributed by atoms with Crippen molar-refractivity contribution >= 4 is 9.24 Å². The molecular formula is C15H21FeP. The number of rotatable bonds is 4. The average molecular weight is 288 g/mol. The third kappa shape index (κ3) is 0.0680. The Labute approximate surface area is 95.2 Å². The predicted octanol–water partition coefficient (Wildman–Crippen LogP) is 5.18. The Bertz CT molecular complexity index is 935. The summed E-state index contributed by atoms with van der Waals surface area (Å²) in [5.41, 5.74) is 0. The molecular weight excluding hydrogens is 267 g/mol. The Kier molecular flexibility index (Phi) is 0.244. The molecule has 10 rings (SSSR count). The molecule has 0 aromatic heterocycles. The van der Waals surface area contributed by atoms with E-state index in [0.717, 1.165) is 4.31 Å². The third-order valence-electron chi connectivity index (χ3n) is 16.7. The van der Waals surface area contributed by atoms with Crippen LogP contribution in [-0.4, -0.2) is 6.16 Å². The summed E-state index contributed by atoms with van der Waals surface area (Å²) in [6, 6.07) is 0. The second-order valence-electron chi connectivity index (χ2n) is 11.4. The Hall–Kier alpha value is 0.949. The fourth-order valence-corrected chi connectivity index (χ4v) is 101. The molecule has 2 heteroatoms. The number of hydrogen-bond donors (Lipinski definition) is 0. The molecule has 10 fully saturated rings. The van der Waals surface area contributed by atoms with Gasteiger partial charge in [-0.15, -0.1) is 0 Å². The van der Waals surface area contributed by atoms with Gasteiger partial charge in [-0.3, -0.25) is 0 Å². The second kappa shape index (κ2) is 0.584. The van der Waals surface area contributed by atoms with Crippen LogP contribution in [0.2, 0.25) is 47.2 Å². The van der Waals surface area contributed by atoms with Gasteiger partial charge in [0.05, 0.1) is 0 Å². The van der Waals surface area contributed by atoms with E-state index in [1.165, 1.54) is 49.3 Å². The molecule has 0 N–H and O–H groups in total. The Morgan fingerprint density at radius 1 is 0.941 bits per heavy atom. The zero-order valence-electron chi connectivity index (χ0n) is 10.4. The molecule has 10 aliphatic heterocycles. The Balaban J connectivity index is 1.59. The molecule has 0 saturated carbocycles. The van der Waals surface area contributed by atoms with Crippen molar-refractivity contribution in [2.75, 3.05) is 6.16 Å². The standard InChI is InChI=1S/C10H16P.C5H5.Fe/c1-2-3-5-9-6-4-7-10(9)8-11;1-2-4-5-3-1;/h4,6-7H,2-3,5,8,11H2,1H3;1-5H;. The summed E-state index contributed by atoms with van der Waals surface area (Å²) >= 11 is 0. The maximum atomic E-state index is 3.28. The van der Waals surface area contributed by atoms with E-state index >= 15 is 0 Å². The molecule has 6 unspecified atom stereocenters. The summed E-state index contributed by atoms with van der Waals surface area (Å²) in [4.78, 5) is 12.2. The van der Waals surface area contributed by atoms with Gasteiger partial charge in [-0.1, -0.05) is 0 Å². The zero-order valence-corrected chi connectivity index (χ0v) is 12.6. The molecule has 0 nitrogen and oxygen atoms in total. The molecule has 0 aliphatic carbocycles. The molecule has 6 atom stereocenters. The maximum absolute atomic E-state index is 3.28. The van der Waals surface area contributed by atoms with Crippen LogP contribution < -0.4 is 0 Å². The summed E-state index contributed by atoms with van der Waals surface area (Å²) in [5.74, 6) is 0. The van der Waals surface area contributed by atoms with E-state index in [2.05, 4.69) is 16.2 Å². The number of unbranched alkanes of at least 4 members (excludes halogenated alkanes) is 1. The van der Waals surface area contributed by atoms with Crippen LogP contribution >= 0.6 is 9.24 Å². The average Bonchev–Trinajstić information content (AvgIpc) is 3.28. The summed E-state index contributed by atoms with van der Waals surface area (Å²) in [7, 11) is 3.28. The zero-order chi connectivity index (χ0) is 10.8. The summed E-state index contributed by atoms with van der Waals surface area (Å²) in [6.45, 7) is -0.377. The van der Waals surface area contributed by atoms with E-state index < -0.39 is 6.51 Å². The van der Waals surface area contributed by atoms with Crippen molar-refractivity contribution < 1.29 is 6.51 Å². The van der Waals surface area contributed by atoms with Crippen LogP contribution in [0, 0.1) is 0 Å². The topological polar surface area (TPSA) is 0 Å². The van der Waals surface area contributed by atoms with Gasteiger partial charge in [0, 0.05) is 0 Å². The van der Waals surface area contributed by atoms with Crippen LogP contribution in [0.3, 0.4) is 0 Å². The number of fused-ring (bicyclic) bond motifs is 10. The monoisotopic (exact) mass is 288 g/mol. The van der Waals surface area contributed by atoms with Gasteiger partial charge in [-0.25, -0.2) is 0 Å². The molecule has 0 aromatic rings. The molecule has 94 valence electrons. The molecule has 1 spiro atoms. The molecule has 10 saturated heterocycles. The van der Waals surface area contributed by atoms with Crippen molar-refractivity contribution in [1.82, 2.24) is 0 Å². The molecule has 0 bridgehead atoms. The molecule has 10 aliphatic rings. The first-order valence-corrected chi connectivity index (χ1v) is 15.0. The van der Waals surface area contributed by atoms with E-state index in [1.54, 1.807) is 19.0 Å². The SMILES string of the molecule is CCCC[C]12[CH]3[CH]4[CH]5[C]1(CP)[Fe]45321678[CH]2[CH]1[CH]6[CH]7[CH]28. The first kappa shape index (κ1) is 7.10. The molecule has 0 radical (unpaired) electrons. The molecule has 17 heavy (non-hydrogen) atoms. The summed E-state index contributed by atoms with van der Waals surface area (Å²) < 4.78 is 2.32. The van der Waals surface area contributed by atoms with Gasteiger partial charge >= 0.3 is 95.3 Å². The van der Waals surface area contributed by atoms with E-state index in [1.807, 2.05) is 0 Å². The van der Waals surface area contributed by atoms with Crippen molar-refractivity contribution in [2.45, 2.75) is 73.3 Å². The van der Waals surface area contributed by atoms with Crippen LogP contribution in [0.5, 0.6) is 0 Å². The normalized spacial score (nSPS) is 124. The van der Waals surface area contributed by atoms with Gasteiger partial charge in [0.1, 0.15) is 0 Å². The van der Waals surface area contributed by atoms with Crippen molar-refractivity contribution in [1.29, 1.82) is 0 Å². The van der Waals surface area contributed by atoms with E-state index in [4.69, 9.17) is 0 Å². The van der Waals surface area contributed by atoms with Crippen LogP contribution in [0.25, 0.3) is 0 Å². The molecule has 0 aromatic carbocycles. The molecule has 10 heterocycles. The van der Waals surface area contributed by atoms with Gasteiger partial charge in [-0.2, -0.15) is 0 Å². The minimum absolute atomic E-state index is 1.14. The van der Waals surface area contributed by atoms with Gasteiger partial charge in [0.2, 0.25) is 0 Å². The first-order valence-electron chi connectivity index (χ1n) is 7.97.